The zero-order valence-electron chi connectivity index (χ0n) is 17.1. The Labute approximate surface area is 170 Å². The molecular weight excluding hydrogens is 360 g/mol. The summed E-state index contributed by atoms with van der Waals surface area (Å²) in [5, 5.41) is 7.62. The predicted octanol–water partition coefficient (Wildman–Crippen LogP) is 5.15. The van der Waals surface area contributed by atoms with Crippen LogP contribution < -0.4 is 5.32 Å². The van der Waals surface area contributed by atoms with Crippen LogP contribution in [0.3, 0.4) is 0 Å². The maximum Gasteiger partial charge on any atom is 0.261 e. The molecule has 0 atom stereocenters. The number of nitrogens with one attached hydrogen (secondary N) is 1. The van der Waals surface area contributed by atoms with Gasteiger partial charge in [-0.05, 0) is 63.1 Å². The van der Waals surface area contributed by atoms with Gasteiger partial charge in [-0.3, -0.25) is 4.79 Å². The molecule has 0 saturated carbocycles. The number of amides is 1. The minimum Gasteiger partial charge on any atom is -0.321 e. The van der Waals surface area contributed by atoms with E-state index in [2.05, 4.69) is 29.5 Å². The smallest absolute Gasteiger partial charge is 0.261 e. The molecule has 0 fully saturated rings. The molecule has 146 valence electrons. The molecule has 0 aliphatic heterocycles. The maximum atomic E-state index is 13.2. The molecule has 0 bridgehead atoms. The highest BCUT2D eigenvalue weighted by Gasteiger charge is 2.21. The third-order valence-electron chi connectivity index (χ3n) is 5.03. The average Bonchev–Trinajstić information content (AvgIpc) is 3.34. The summed E-state index contributed by atoms with van der Waals surface area (Å²) >= 11 is 0. The summed E-state index contributed by atoms with van der Waals surface area (Å²) in [6.07, 6.45) is 5.46. The lowest BCUT2D eigenvalue weighted by Crippen LogP contribution is -2.16. The number of aryl methyl sites for hydroxylation is 4. The molecule has 0 saturated heterocycles. The van der Waals surface area contributed by atoms with Gasteiger partial charge in [-0.25, -0.2) is 4.68 Å². The van der Waals surface area contributed by atoms with E-state index in [-0.39, 0.29) is 5.91 Å². The van der Waals surface area contributed by atoms with Crippen LogP contribution in [0.2, 0.25) is 0 Å². The van der Waals surface area contributed by atoms with Gasteiger partial charge >= 0.3 is 0 Å². The van der Waals surface area contributed by atoms with Crippen molar-refractivity contribution in [3.05, 3.63) is 94.9 Å². The fraction of sp³-hybridized carbons (Fsp3) is 0.167. The van der Waals surface area contributed by atoms with E-state index in [1.165, 1.54) is 11.1 Å². The number of anilines is 1. The summed E-state index contributed by atoms with van der Waals surface area (Å²) in [6.45, 7) is 8.13. The Bertz CT molecular complexity index is 1150. The van der Waals surface area contributed by atoms with Crippen molar-refractivity contribution in [2.45, 2.75) is 27.7 Å². The van der Waals surface area contributed by atoms with Crippen LogP contribution in [-0.4, -0.2) is 20.3 Å². The van der Waals surface area contributed by atoms with Gasteiger partial charge in [0.25, 0.3) is 5.91 Å². The Morgan fingerprint density at radius 1 is 0.897 bits per heavy atom. The monoisotopic (exact) mass is 384 g/mol. The molecule has 0 spiro atoms. The Kier molecular flexibility index (Phi) is 4.80. The highest BCUT2D eigenvalue weighted by atomic mass is 16.1. The van der Waals surface area contributed by atoms with Gasteiger partial charge in [0.1, 0.15) is 5.56 Å². The Morgan fingerprint density at radius 2 is 1.52 bits per heavy atom. The number of hydrogen-bond acceptors (Lipinski definition) is 2. The van der Waals surface area contributed by atoms with Crippen molar-refractivity contribution in [1.29, 1.82) is 0 Å². The second-order valence-corrected chi connectivity index (χ2v) is 7.45. The normalized spacial score (nSPS) is 10.9. The Morgan fingerprint density at radius 3 is 2.14 bits per heavy atom. The molecule has 5 heteroatoms. The van der Waals surface area contributed by atoms with E-state index >= 15 is 0 Å². The molecule has 2 heterocycles. The van der Waals surface area contributed by atoms with E-state index in [4.69, 9.17) is 0 Å². The molecule has 29 heavy (non-hydrogen) atoms. The molecule has 4 aromatic rings. The highest BCUT2D eigenvalue weighted by molar-refractivity contribution is 6.07. The number of nitrogens with zero attached hydrogens (tertiary/aromatic N) is 3. The number of carbonyl (C=O) groups is 1. The van der Waals surface area contributed by atoms with Crippen LogP contribution in [0.4, 0.5) is 5.69 Å². The molecule has 0 radical (unpaired) electrons. The fourth-order valence-electron chi connectivity index (χ4n) is 3.66. The molecule has 1 amide bonds. The van der Waals surface area contributed by atoms with Crippen LogP contribution in [0.15, 0.2) is 67.1 Å². The van der Waals surface area contributed by atoms with E-state index in [9.17, 15) is 4.79 Å². The van der Waals surface area contributed by atoms with Crippen LogP contribution in [0, 0.1) is 27.7 Å². The van der Waals surface area contributed by atoms with Crippen LogP contribution in [0.25, 0.3) is 11.5 Å². The maximum absolute atomic E-state index is 13.2. The molecule has 0 aliphatic carbocycles. The van der Waals surface area contributed by atoms with Crippen molar-refractivity contribution in [2.24, 2.45) is 0 Å². The Hall–Kier alpha value is -3.60. The predicted molar refractivity (Wildman–Crippen MR) is 116 cm³/mol. The lowest BCUT2D eigenvalue weighted by molar-refractivity contribution is 0.102. The van der Waals surface area contributed by atoms with Gasteiger partial charge in [0, 0.05) is 18.1 Å². The van der Waals surface area contributed by atoms with E-state index in [1.807, 2.05) is 74.1 Å². The topological polar surface area (TPSA) is 51.9 Å². The third-order valence-corrected chi connectivity index (χ3v) is 5.03. The SMILES string of the molecule is Cc1ccc(-n2ncc(C(=O)Nc3c(C)cc(C)cc3C)c2-n2cccc2)cc1. The molecule has 1 N–H and O–H groups in total. The van der Waals surface area contributed by atoms with Gasteiger partial charge < -0.3 is 9.88 Å². The quantitative estimate of drug-likeness (QED) is 0.529. The summed E-state index contributed by atoms with van der Waals surface area (Å²) < 4.78 is 3.71. The Balaban J connectivity index is 1.78. The highest BCUT2D eigenvalue weighted by Crippen LogP contribution is 2.25. The van der Waals surface area contributed by atoms with Gasteiger partial charge in [-0.2, -0.15) is 5.10 Å². The number of rotatable bonds is 4. The van der Waals surface area contributed by atoms with Crippen LogP contribution in [0.5, 0.6) is 0 Å². The zero-order chi connectivity index (χ0) is 20.5. The van der Waals surface area contributed by atoms with Gasteiger partial charge in [0.05, 0.1) is 11.9 Å². The summed E-state index contributed by atoms with van der Waals surface area (Å²) in [5.41, 5.74) is 6.71. The van der Waals surface area contributed by atoms with Gasteiger partial charge in [0.2, 0.25) is 0 Å². The van der Waals surface area contributed by atoms with E-state index in [0.717, 1.165) is 22.5 Å². The second kappa shape index (κ2) is 7.43. The first-order valence-electron chi connectivity index (χ1n) is 9.61. The average molecular weight is 384 g/mol. The summed E-state index contributed by atoms with van der Waals surface area (Å²) in [4.78, 5) is 13.2. The fourth-order valence-corrected chi connectivity index (χ4v) is 3.66. The molecule has 0 aliphatic rings. The van der Waals surface area contributed by atoms with E-state index in [0.29, 0.717) is 11.4 Å². The molecule has 0 unspecified atom stereocenters. The van der Waals surface area contributed by atoms with E-state index < -0.39 is 0 Å². The standard InChI is InChI=1S/C24H24N4O/c1-16-7-9-20(10-8-16)28-24(27-11-5-6-12-27)21(15-25-28)23(29)26-22-18(3)13-17(2)14-19(22)4/h5-15H,1-4H3,(H,26,29). The first-order chi connectivity index (χ1) is 13.9. The first-order valence-corrected chi connectivity index (χ1v) is 9.61. The van der Waals surface area contributed by atoms with Crippen molar-refractivity contribution < 1.29 is 4.79 Å². The van der Waals surface area contributed by atoms with Crippen molar-refractivity contribution in [2.75, 3.05) is 5.32 Å². The molecule has 5 nitrogen and oxygen atoms in total. The number of carbonyl (C=O) groups excluding carboxylic acids is 1. The van der Waals surface area contributed by atoms with Crippen molar-refractivity contribution in [3.8, 4) is 11.5 Å². The minimum absolute atomic E-state index is 0.179. The second-order valence-electron chi connectivity index (χ2n) is 7.45. The summed E-state index contributed by atoms with van der Waals surface area (Å²) in [5.74, 6) is 0.529. The van der Waals surface area contributed by atoms with Gasteiger partial charge in [-0.15, -0.1) is 0 Å². The van der Waals surface area contributed by atoms with Crippen molar-refractivity contribution >= 4 is 11.6 Å². The molecule has 4 rings (SSSR count). The van der Waals surface area contributed by atoms with Crippen molar-refractivity contribution in [1.82, 2.24) is 14.3 Å². The third kappa shape index (κ3) is 3.59. The molecule has 2 aromatic carbocycles. The lowest BCUT2D eigenvalue weighted by atomic mass is 10.0. The zero-order valence-corrected chi connectivity index (χ0v) is 17.1. The van der Waals surface area contributed by atoms with Crippen LogP contribution in [0.1, 0.15) is 32.6 Å². The number of benzene rings is 2. The summed E-state index contributed by atoms with van der Waals surface area (Å²) in [7, 11) is 0. The first kappa shape index (κ1) is 18.7. The van der Waals surface area contributed by atoms with E-state index in [1.54, 1.807) is 10.9 Å². The number of hydrogen-bond donors (Lipinski definition) is 1. The minimum atomic E-state index is -0.179. The van der Waals surface area contributed by atoms with Crippen LogP contribution in [-0.2, 0) is 0 Å². The van der Waals surface area contributed by atoms with Crippen LogP contribution >= 0.6 is 0 Å². The van der Waals surface area contributed by atoms with Gasteiger partial charge in [-0.1, -0.05) is 35.4 Å². The van der Waals surface area contributed by atoms with Crippen molar-refractivity contribution in [3.63, 3.8) is 0 Å². The molecule has 2 aromatic heterocycles. The largest absolute Gasteiger partial charge is 0.321 e. The van der Waals surface area contributed by atoms with Gasteiger partial charge in [0.15, 0.2) is 5.82 Å². The number of aromatic nitrogens is 3. The molecular formula is C24H24N4O. The summed E-state index contributed by atoms with van der Waals surface area (Å²) in [6, 6.07) is 16.1. The lowest BCUT2D eigenvalue weighted by Gasteiger charge is -2.14.